The number of nitrogens with one attached hydrogen (secondary N) is 1. The first-order chi connectivity index (χ1) is 6.70. The fourth-order valence-corrected chi connectivity index (χ4v) is 1.36. The van der Waals surface area contributed by atoms with Crippen LogP contribution in [0.5, 0.6) is 5.75 Å². The van der Waals surface area contributed by atoms with E-state index in [9.17, 15) is 5.11 Å². The summed E-state index contributed by atoms with van der Waals surface area (Å²) in [4.78, 5) is 7.51. The monoisotopic (exact) mass is 191 g/mol. The Morgan fingerprint density at radius 1 is 1.57 bits per heavy atom. The average molecular weight is 191 g/mol. The van der Waals surface area contributed by atoms with Crippen LogP contribution >= 0.6 is 0 Å². The molecule has 0 aliphatic carbocycles. The molecule has 1 atom stereocenters. The molecule has 1 aromatic heterocycles. The Bertz CT molecular complexity index is 450. The second kappa shape index (κ2) is 3.31. The van der Waals surface area contributed by atoms with Crippen LogP contribution in [-0.4, -0.2) is 21.6 Å². The van der Waals surface area contributed by atoms with Crippen molar-refractivity contribution in [1.82, 2.24) is 9.97 Å². The summed E-state index contributed by atoms with van der Waals surface area (Å²) in [6.45, 7) is 2.57. The zero-order valence-corrected chi connectivity index (χ0v) is 7.99. The number of phenols is 1. The van der Waals surface area contributed by atoms with E-state index in [0.29, 0.717) is 6.54 Å². The van der Waals surface area contributed by atoms with Gasteiger partial charge in [-0.2, -0.15) is 0 Å². The van der Waals surface area contributed by atoms with Crippen molar-refractivity contribution in [1.29, 1.82) is 0 Å². The standard InChI is InChI=1S/C10H13N3O/c1-6(5-11)10-12-8-3-2-7(14)4-9(8)13-10/h2-4,6,14H,5,11H2,1H3,(H,12,13). The van der Waals surface area contributed by atoms with E-state index in [1.54, 1.807) is 18.2 Å². The van der Waals surface area contributed by atoms with Crippen molar-refractivity contribution in [2.24, 2.45) is 5.73 Å². The van der Waals surface area contributed by atoms with Crippen molar-refractivity contribution in [3.8, 4) is 5.75 Å². The Balaban J connectivity index is 2.51. The Hall–Kier alpha value is -1.55. The molecular formula is C10H13N3O. The summed E-state index contributed by atoms with van der Waals surface area (Å²) >= 11 is 0. The molecule has 0 spiro atoms. The van der Waals surface area contributed by atoms with Gasteiger partial charge in [-0.25, -0.2) is 4.98 Å². The van der Waals surface area contributed by atoms with Crippen LogP contribution in [0, 0.1) is 0 Å². The first kappa shape index (κ1) is 9.02. The molecule has 0 bridgehead atoms. The number of nitrogens with two attached hydrogens (primary N) is 1. The van der Waals surface area contributed by atoms with Crippen LogP contribution in [0.2, 0.25) is 0 Å². The SMILES string of the molecule is CC(CN)c1nc2ccc(O)cc2[nH]1. The Labute approximate surface area is 81.8 Å². The third-order valence-corrected chi connectivity index (χ3v) is 2.30. The van der Waals surface area contributed by atoms with Gasteiger partial charge in [-0.1, -0.05) is 6.92 Å². The first-order valence-corrected chi connectivity index (χ1v) is 4.59. The first-order valence-electron chi connectivity index (χ1n) is 4.59. The summed E-state index contributed by atoms with van der Waals surface area (Å²) < 4.78 is 0. The predicted molar refractivity (Wildman–Crippen MR) is 55.2 cm³/mol. The molecule has 0 fully saturated rings. The molecule has 4 nitrogen and oxygen atoms in total. The van der Waals surface area contributed by atoms with Crippen LogP contribution in [0.15, 0.2) is 18.2 Å². The molecule has 4 heteroatoms. The number of nitrogens with zero attached hydrogens (tertiary/aromatic N) is 1. The summed E-state index contributed by atoms with van der Waals surface area (Å²) in [6, 6.07) is 5.07. The second-order valence-corrected chi connectivity index (χ2v) is 3.46. The van der Waals surface area contributed by atoms with Crippen LogP contribution in [-0.2, 0) is 0 Å². The molecule has 0 amide bonds. The van der Waals surface area contributed by atoms with Crippen LogP contribution in [0.25, 0.3) is 11.0 Å². The number of H-pyrrole nitrogens is 1. The van der Waals surface area contributed by atoms with Gasteiger partial charge in [0.15, 0.2) is 0 Å². The second-order valence-electron chi connectivity index (χ2n) is 3.46. The normalized spacial score (nSPS) is 13.3. The predicted octanol–water partition coefficient (Wildman–Crippen LogP) is 1.33. The number of rotatable bonds is 2. The van der Waals surface area contributed by atoms with E-state index in [2.05, 4.69) is 9.97 Å². The molecule has 1 aromatic carbocycles. The summed E-state index contributed by atoms with van der Waals surface area (Å²) in [5.74, 6) is 1.32. The summed E-state index contributed by atoms with van der Waals surface area (Å²) in [7, 11) is 0. The highest BCUT2D eigenvalue weighted by molar-refractivity contribution is 5.76. The third-order valence-electron chi connectivity index (χ3n) is 2.30. The molecule has 0 radical (unpaired) electrons. The van der Waals surface area contributed by atoms with E-state index in [4.69, 9.17) is 5.73 Å². The lowest BCUT2D eigenvalue weighted by Gasteiger charge is -2.01. The molecule has 2 rings (SSSR count). The highest BCUT2D eigenvalue weighted by Crippen LogP contribution is 2.20. The van der Waals surface area contributed by atoms with Crippen LogP contribution in [0.4, 0.5) is 0 Å². The lowest BCUT2D eigenvalue weighted by atomic mass is 10.2. The number of benzene rings is 1. The van der Waals surface area contributed by atoms with Crippen LogP contribution < -0.4 is 5.73 Å². The number of phenolic OH excluding ortho intramolecular Hbond substituents is 1. The summed E-state index contributed by atoms with van der Waals surface area (Å²) in [6.07, 6.45) is 0. The topological polar surface area (TPSA) is 74.9 Å². The van der Waals surface area contributed by atoms with E-state index in [-0.39, 0.29) is 11.7 Å². The van der Waals surface area contributed by atoms with Crippen molar-refractivity contribution >= 4 is 11.0 Å². The van der Waals surface area contributed by atoms with E-state index < -0.39 is 0 Å². The highest BCUT2D eigenvalue weighted by Gasteiger charge is 2.08. The number of imidazole rings is 1. The molecule has 0 aliphatic heterocycles. The summed E-state index contributed by atoms with van der Waals surface area (Å²) in [5.41, 5.74) is 7.25. The van der Waals surface area contributed by atoms with Gasteiger partial charge in [0, 0.05) is 18.5 Å². The minimum absolute atomic E-state index is 0.213. The van der Waals surface area contributed by atoms with Gasteiger partial charge in [-0.15, -0.1) is 0 Å². The molecular weight excluding hydrogens is 178 g/mol. The molecule has 0 saturated carbocycles. The quantitative estimate of drug-likeness (QED) is 0.670. The van der Waals surface area contributed by atoms with Crippen molar-refractivity contribution < 1.29 is 5.11 Å². The lowest BCUT2D eigenvalue weighted by molar-refractivity contribution is 0.476. The molecule has 14 heavy (non-hydrogen) atoms. The largest absolute Gasteiger partial charge is 0.508 e. The number of aromatic hydroxyl groups is 1. The molecule has 0 aliphatic rings. The van der Waals surface area contributed by atoms with Crippen molar-refractivity contribution in [3.63, 3.8) is 0 Å². The van der Waals surface area contributed by atoms with E-state index in [1.165, 1.54) is 0 Å². The zero-order chi connectivity index (χ0) is 10.1. The molecule has 1 unspecified atom stereocenters. The Morgan fingerprint density at radius 2 is 2.36 bits per heavy atom. The van der Waals surface area contributed by atoms with E-state index in [1.807, 2.05) is 6.92 Å². The van der Waals surface area contributed by atoms with Gasteiger partial charge in [0.2, 0.25) is 0 Å². The molecule has 4 N–H and O–H groups in total. The van der Waals surface area contributed by atoms with Gasteiger partial charge in [-0.3, -0.25) is 0 Å². The maximum atomic E-state index is 9.26. The smallest absolute Gasteiger partial charge is 0.117 e. The average Bonchev–Trinajstić information content (AvgIpc) is 2.59. The number of fused-ring (bicyclic) bond motifs is 1. The zero-order valence-electron chi connectivity index (χ0n) is 7.99. The third kappa shape index (κ3) is 1.44. The van der Waals surface area contributed by atoms with Crippen molar-refractivity contribution in [3.05, 3.63) is 24.0 Å². The molecule has 2 aromatic rings. The molecule has 74 valence electrons. The van der Waals surface area contributed by atoms with E-state index in [0.717, 1.165) is 16.9 Å². The number of hydrogen-bond donors (Lipinski definition) is 3. The number of aromatic amines is 1. The molecule has 0 saturated heterocycles. The fourth-order valence-electron chi connectivity index (χ4n) is 1.36. The van der Waals surface area contributed by atoms with Gasteiger partial charge in [0.05, 0.1) is 11.0 Å². The minimum atomic E-state index is 0.213. The van der Waals surface area contributed by atoms with E-state index >= 15 is 0 Å². The highest BCUT2D eigenvalue weighted by atomic mass is 16.3. The van der Waals surface area contributed by atoms with Gasteiger partial charge >= 0.3 is 0 Å². The van der Waals surface area contributed by atoms with Crippen LogP contribution in [0.3, 0.4) is 0 Å². The summed E-state index contributed by atoms with van der Waals surface area (Å²) in [5, 5.41) is 9.26. The Kier molecular flexibility index (Phi) is 2.13. The molecule has 1 heterocycles. The maximum Gasteiger partial charge on any atom is 0.117 e. The van der Waals surface area contributed by atoms with Gasteiger partial charge < -0.3 is 15.8 Å². The van der Waals surface area contributed by atoms with Gasteiger partial charge in [0.1, 0.15) is 11.6 Å². The van der Waals surface area contributed by atoms with Gasteiger partial charge in [-0.05, 0) is 12.1 Å². The minimum Gasteiger partial charge on any atom is -0.508 e. The lowest BCUT2D eigenvalue weighted by Crippen LogP contribution is -2.10. The van der Waals surface area contributed by atoms with Gasteiger partial charge in [0.25, 0.3) is 0 Å². The fraction of sp³-hybridized carbons (Fsp3) is 0.300. The number of aromatic nitrogens is 2. The van der Waals surface area contributed by atoms with Crippen LogP contribution in [0.1, 0.15) is 18.7 Å². The maximum absolute atomic E-state index is 9.26. The Morgan fingerprint density at radius 3 is 3.07 bits per heavy atom. The van der Waals surface area contributed by atoms with Crippen molar-refractivity contribution in [2.75, 3.05) is 6.54 Å². The van der Waals surface area contributed by atoms with Crippen molar-refractivity contribution in [2.45, 2.75) is 12.8 Å². The number of hydrogen-bond acceptors (Lipinski definition) is 3.